The molecule has 1 rings (SSSR count). The molecule has 0 saturated heterocycles. The maximum absolute atomic E-state index is 12.8. The lowest BCUT2D eigenvalue weighted by Crippen LogP contribution is -2.27. The lowest BCUT2D eigenvalue weighted by atomic mass is 9.90. The fraction of sp³-hybridized carbons (Fsp3) is 0.750. The molecule has 0 fully saturated rings. The lowest BCUT2D eigenvalue weighted by molar-refractivity contribution is 0.120. The van der Waals surface area contributed by atoms with Crippen molar-refractivity contribution in [3.05, 3.63) is 12.2 Å². The van der Waals surface area contributed by atoms with E-state index in [1.54, 1.807) is 12.2 Å². The van der Waals surface area contributed by atoms with Crippen molar-refractivity contribution >= 4 is 0 Å². The molecule has 0 bridgehead atoms. The van der Waals surface area contributed by atoms with Crippen molar-refractivity contribution in [2.45, 2.75) is 32.1 Å². The van der Waals surface area contributed by atoms with E-state index in [0.29, 0.717) is 6.42 Å². The molecule has 0 saturated carbocycles. The van der Waals surface area contributed by atoms with Crippen molar-refractivity contribution in [1.82, 2.24) is 0 Å². The Bertz CT molecular complexity index is 131. The normalized spacial score (nSPS) is 40.1. The van der Waals surface area contributed by atoms with Crippen LogP contribution in [-0.4, -0.2) is 12.3 Å². The van der Waals surface area contributed by atoms with Crippen LogP contribution < -0.4 is 0 Å². The number of rotatable bonds is 1. The molecule has 0 aromatic rings. The smallest absolute Gasteiger partial charge is 0.138 e. The van der Waals surface area contributed by atoms with Crippen molar-refractivity contribution in [2.24, 2.45) is 5.92 Å². The van der Waals surface area contributed by atoms with Gasteiger partial charge in [0.1, 0.15) is 12.3 Å². The minimum Gasteiger partial charge on any atom is -0.244 e. The van der Waals surface area contributed by atoms with Crippen molar-refractivity contribution in [3.63, 3.8) is 0 Å². The molecule has 2 heteroatoms. The molecule has 3 atom stereocenters. The summed E-state index contributed by atoms with van der Waals surface area (Å²) < 4.78 is 25.4. The molecule has 0 N–H and O–H groups in total. The second-order valence-corrected chi connectivity index (χ2v) is 2.70. The summed E-state index contributed by atoms with van der Waals surface area (Å²) in [5.74, 6) is -0.191. The molecular weight excluding hydrogens is 134 g/mol. The fourth-order valence-electron chi connectivity index (χ4n) is 1.25. The number of hydrogen-bond donors (Lipinski definition) is 0. The lowest BCUT2D eigenvalue weighted by Gasteiger charge is -2.22. The van der Waals surface area contributed by atoms with Gasteiger partial charge in [0, 0.05) is 5.92 Å². The standard InChI is InChI=1S/C8H12F2/c1-2-6-4-3-5-7(9)8(6)10/h3-4,6-8H,2,5H2,1H3. The number of hydrogen-bond acceptors (Lipinski definition) is 0. The molecule has 0 nitrogen and oxygen atoms in total. The maximum Gasteiger partial charge on any atom is 0.138 e. The van der Waals surface area contributed by atoms with Gasteiger partial charge in [-0.1, -0.05) is 19.1 Å². The van der Waals surface area contributed by atoms with Gasteiger partial charge in [-0.15, -0.1) is 0 Å². The third-order valence-corrected chi connectivity index (χ3v) is 1.97. The fourth-order valence-corrected chi connectivity index (χ4v) is 1.25. The average molecular weight is 146 g/mol. The number of allylic oxidation sites excluding steroid dienone is 2. The van der Waals surface area contributed by atoms with Crippen LogP contribution in [0, 0.1) is 5.92 Å². The zero-order valence-electron chi connectivity index (χ0n) is 6.06. The predicted molar refractivity (Wildman–Crippen MR) is 37.3 cm³/mol. The van der Waals surface area contributed by atoms with Crippen LogP contribution in [0.25, 0.3) is 0 Å². The SMILES string of the molecule is CCC1C=CCC(F)C1F. The van der Waals surface area contributed by atoms with Crippen molar-refractivity contribution in [3.8, 4) is 0 Å². The van der Waals surface area contributed by atoms with Crippen LogP contribution >= 0.6 is 0 Å². The van der Waals surface area contributed by atoms with E-state index in [4.69, 9.17) is 0 Å². The Balaban J connectivity index is 2.57. The molecule has 3 unspecified atom stereocenters. The third kappa shape index (κ3) is 1.36. The van der Waals surface area contributed by atoms with Crippen molar-refractivity contribution in [1.29, 1.82) is 0 Å². The molecule has 10 heavy (non-hydrogen) atoms. The summed E-state index contributed by atoms with van der Waals surface area (Å²) in [6, 6.07) is 0. The highest BCUT2D eigenvalue weighted by Crippen LogP contribution is 2.25. The highest BCUT2D eigenvalue weighted by molar-refractivity contribution is 5.01. The van der Waals surface area contributed by atoms with Gasteiger partial charge in [-0.25, -0.2) is 8.78 Å². The van der Waals surface area contributed by atoms with Crippen LogP contribution in [0.4, 0.5) is 8.78 Å². The van der Waals surface area contributed by atoms with E-state index in [1.165, 1.54) is 0 Å². The first-order valence-electron chi connectivity index (χ1n) is 3.70. The molecule has 0 aliphatic heterocycles. The Morgan fingerprint density at radius 2 is 2.20 bits per heavy atom. The first kappa shape index (κ1) is 7.70. The topological polar surface area (TPSA) is 0 Å². The summed E-state index contributed by atoms with van der Waals surface area (Å²) in [6.45, 7) is 1.87. The van der Waals surface area contributed by atoms with E-state index >= 15 is 0 Å². The highest BCUT2D eigenvalue weighted by Gasteiger charge is 2.28. The van der Waals surface area contributed by atoms with Crippen LogP contribution in [0.2, 0.25) is 0 Å². The largest absolute Gasteiger partial charge is 0.244 e. The van der Waals surface area contributed by atoms with Gasteiger partial charge in [0.15, 0.2) is 0 Å². The van der Waals surface area contributed by atoms with Gasteiger partial charge in [-0.3, -0.25) is 0 Å². The molecule has 1 aliphatic carbocycles. The molecule has 58 valence electrons. The van der Waals surface area contributed by atoms with E-state index in [1.807, 2.05) is 6.92 Å². The summed E-state index contributed by atoms with van der Waals surface area (Å²) in [5, 5.41) is 0. The molecule has 0 aromatic carbocycles. The summed E-state index contributed by atoms with van der Waals surface area (Å²) >= 11 is 0. The van der Waals surface area contributed by atoms with E-state index in [-0.39, 0.29) is 12.3 Å². The molecule has 1 aliphatic rings. The van der Waals surface area contributed by atoms with Crippen LogP contribution in [0.5, 0.6) is 0 Å². The van der Waals surface area contributed by atoms with E-state index in [9.17, 15) is 8.78 Å². The van der Waals surface area contributed by atoms with Crippen LogP contribution in [-0.2, 0) is 0 Å². The first-order chi connectivity index (χ1) is 4.75. The first-order valence-corrected chi connectivity index (χ1v) is 3.70. The summed E-state index contributed by atoms with van der Waals surface area (Å²) in [4.78, 5) is 0. The predicted octanol–water partition coefficient (Wildman–Crippen LogP) is 2.65. The molecule has 0 radical (unpaired) electrons. The summed E-state index contributed by atoms with van der Waals surface area (Å²) in [6.07, 6.45) is 1.91. The van der Waals surface area contributed by atoms with Crippen LogP contribution in [0.3, 0.4) is 0 Å². The van der Waals surface area contributed by atoms with Gasteiger partial charge in [0.2, 0.25) is 0 Å². The van der Waals surface area contributed by atoms with Gasteiger partial charge in [0.05, 0.1) is 0 Å². The van der Waals surface area contributed by atoms with E-state index in [2.05, 4.69) is 0 Å². The molecule has 0 spiro atoms. The van der Waals surface area contributed by atoms with Gasteiger partial charge in [-0.05, 0) is 12.8 Å². The number of halogens is 2. The quantitative estimate of drug-likeness (QED) is 0.499. The molecular formula is C8H12F2. The Morgan fingerprint density at radius 3 is 2.70 bits per heavy atom. The van der Waals surface area contributed by atoms with Gasteiger partial charge in [-0.2, -0.15) is 0 Å². The Labute approximate surface area is 59.9 Å². The zero-order valence-corrected chi connectivity index (χ0v) is 6.06. The van der Waals surface area contributed by atoms with Gasteiger partial charge >= 0.3 is 0 Å². The summed E-state index contributed by atoms with van der Waals surface area (Å²) in [5.41, 5.74) is 0. The Morgan fingerprint density at radius 1 is 1.50 bits per heavy atom. The Hall–Kier alpha value is -0.400. The highest BCUT2D eigenvalue weighted by atomic mass is 19.2. The summed E-state index contributed by atoms with van der Waals surface area (Å²) in [7, 11) is 0. The maximum atomic E-state index is 12.8. The monoisotopic (exact) mass is 146 g/mol. The number of alkyl halides is 2. The van der Waals surface area contributed by atoms with Crippen LogP contribution in [0.15, 0.2) is 12.2 Å². The van der Waals surface area contributed by atoms with E-state index in [0.717, 1.165) is 0 Å². The van der Waals surface area contributed by atoms with Gasteiger partial charge in [0.25, 0.3) is 0 Å². The second kappa shape index (κ2) is 3.13. The molecule has 0 aromatic heterocycles. The molecule has 0 amide bonds. The zero-order chi connectivity index (χ0) is 7.56. The minimum atomic E-state index is -1.27. The Kier molecular flexibility index (Phi) is 2.41. The minimum absolute atomic E-state index is 0.191. The van der Waals surface area contributed by atoms with Crippen molar-refractivity contribution < 1.29 is 8.78 Å². The van der Waals surface area contributed by atoms with E-state index < -0.39 is 12.3 Å². The van der Waals surface area contributed by atoms with Gasteiger partial charge < -0.3 is 0 Å². The third-order valence-electron chi connectivity index (χ3n) is 1.97. The molecule has 0 heterocycles. The second-order valence-electron chi connectivity index (χ2n) is 2.70. The average Bonchev–Trinajstić information content (AvgIpc) is 1.95. The van der Waals surface area contributed by atoms with Crippen LogP contribution in [0.1, 0.15) is 19.8 Å². The van der Waals surface area contributed by atoms with Crippen molar-refractivity contribution in [2.75, 3.05) is 0 Å².